The Morgan fingerprint density at radius 1 is 0.722 bits per heavy atom. The molecule has 5 heteroatoms. The highest BCUT2D eigenvalue weighted by atomic mass is 15.2. The summed E-state index contributed by atoms with van der Waals surface area (Å²) in [6.07, 6.45) is 9.03. The van der Waals surface area contributed by atoms with Gasteiger partial charge >= 0.3 is 0 Å². The standard InChI is InChI=1S/C7H6N2.C6H5N3/c1-3-7-4-2-6-9(7)8-5-1;1-3-7-6-2-4-8-9(6)5-1/h1-6H;1-5H. The first-order chi connectivity index (χ1) is 8.93. The van der Waals surface area contributed by atoms with Crippen molar-refractivity contribution in [1.29, 1.82) is 0 Å². The summed E-state index contributed by atoms with van der Waals surface area (Å²) in [6, 6.07) is 11.7. The maximum Gasteiger partial charge on any atom is 0.154 e. The minimum absolute atomic E-state index is 0.887. The van der Waals surface area contributed by atoms with Crippen LogP contribution in [0.3, 0.4) is 0 Å². The number of fused-ring (bicyclic) bond motifs is 2. The summed E-state index contributed by atoms with van der Waals surface area (Å²) in [4.78, 5) is 4.04. The minimum atomic E-state index is 0.887. The Balaban J connectivity index is 0.000000111. The number of hydrogen-bond acceptors (Lipinski definition) is 3. The first kappa shape index (κ1) is 10.5. The third kappa shape index (κ3) is 2.06. The van der Waals surface area contributed by atoms with Gasteiger partial charge in [0.2, 0.25) is 0 Å². The second-order valence-electron chi connectivity index (χ2n) is 3.65. The molecule has 0 radical (unpaired) electrons. The molecule has 0 saturated heterocycles. The molecule has 0 aliphatic carbocycles. The van der Waals surface area contributed by atoms with Gasteiger partial charge in [0.1, 0.15) is 0 Å². The van der Waals surface area contributed by atoms with Crippen molar-refractivity contribution in [1.82, 2.24) is 24.2 Å². The number of aromatic nitrogens is 5. The SMILES string of the molecule is c1cnc2ccnn2c1.c1cnn2cccc2c1. The van der Waals surface area contributed by atoms with E-state index in [4.69, 9.17) is 0 Å². The van der Waals surface area contributed by atoms with Crippen LogP contribution in [0.15, 0.2) is 67.4 Å². The summed E-state index contributed by atoms with van der Waals surface area (Å²) in [5.74, 6) is 0. The van der Waals surface area contributed by atoms with Crippen LogP contribution in [-0.4, -0.2) is 24.2 Å². The molecule has 4 aromatic rings. The van der Waals surface area contributed by atoms with Crippen molar-refractivity contribution in [3.63, 3.8) is 0 Å². The van der Waals surface area contributed by atoms with Gasteiger partial charge in [-0.25, -0.2) is 14.0 Å². The van der Waals surface area contributed by atoms with E-state index in [0.717, 1.165) is 11.2 Å². The van der Waals surface area contributed by atoms with Crippen LogP contribution in [0.25, 0.3) is 11.2 Å². The molecule has 0 aliphatic rings. The van der Waals surface area contributed by atoms with Crippen molar-refractivity contribution < 1.29 is 0 Å². The maximum atomic E-state index is 4.06. The van der Waals surface area contributed by atoms with E-state index < -0.39 is 0 Å². The van der Waals surface area contributed by atoms with Crippen LogP contribution in [0.2, 0.25) is 0 Å². The van der Waals surface area contributed by atoms with Crippen LogP contribution in [0.1, 0.15) is 0 Å². The summed E-state index contributed by atoms with van der Waals surface area (Å²) < 4.78 is 3.56. The van der Waals surface area contributed by atoms with E-state index in [-0.39, 0.29) is 0 Å². The highest BCUT2D eigenvalue weighted by molar-refractivity contribution is 5.44. The van der Waals surface area contributed by atoms with Crippen LogP contribution >= 0.6 is 0 Å². The summed E-state index contributed by atoms with van der Waals surface area (Å²) in [7, 11) is 0. The molecule has 0 N–H and O–H groups in total. The van der Waals surface area contributed by atoms with Gasteiger partial charge in [0.25, 0.3) is 0 Å². The van der Waals surface area contributed by atoms with Crippen LogP contribution in [0.4, 0.5) is 0 Å². The molecule has 88 valence electrons. The number of hydrogen-bond donors (Lipinski definition) is 0. The molecule has 5 nitrogen and oxygen atoms in total. The first-order valence-corrected chi connectivity index (χ1v) is 5.56. The van der Waals surface area contributed by atoms with Crippen molar-refractivity contribution in [3.8, 4) is 0 Å². The highest BCUT2D eigenvalue weighted by Gasteiger charge is 1.87. The summed E-state index contributed by atoms with van der Waals surface area (Å²) in [5.41, 5.74) is 2.02. The van der Waals surface area contributed by atoms with Gasteiger partial charge in [-0.05, 0) is 30.3 Å². The Bertz CT molecular complexity index is 629. The fourth-order valence-electron chi connectivity index (χ4n) is 1.64. The summed E-state index contributed by atoms with van der Waals surface area (Å²) >= 11 is 0. The normalized spacial score (nSPS) is 10.2. The Kier molecular flexibility index (Phi) is 2.71. The van der Waals surface area contributed by atoms with E-state index >= 15 is 0 Å². The van der Waals surface area contributed by atoms with Gasteiger partial charge in [-0.15, -0.1) is 0 Å². The van der Waals surface area contributed by atoms with Gasteiger partial charge in [0.15, 0.2) is 5.65 Å². The lowest BCUT2D eigenvalue weighted by molar-refractivity contribution is 0.939. The average Bonchev–Trinajstić information content (AvgIpc) is 3.08. The van der Waals surface area contributed by atoms with Crippen LogP contribution in [-0.2, 0) is 0 Å². The molecule has 0 aromatic carbocycles. The van der Waals surface area contributed by atoms with Crippen molar-refractivity contribution in [2.75, 3.05) is 0 Å². The zero-order chi connectivity index (χ0) is 12.2. The van der Waals surface area contributed by atoms with E-state index in [2.05, 4.69) is 15.2 Å². The third-order valence-corrected chi connectivity index (χ3v) is 2.47. The summed E-state index contributed by atoms with van der Waals surface area (Å²) in [5, 5.41) is 8.03. The predicted molar refractivity (Wildman–Crippen MR) is 68.2 cm³/mol. The van der Waals surface area contributed by atoms with E-state index in [0.29, 0.717) is 0 Å². The Labute approximate surface area is 103 Å². The molecule has 0 fully saturated rings. The zero-order valence-electron chi connectivity index (χ0n) is 9.59. The molecule has 0 spiro atoms. The Morgan fingerprint density at radius 3 is 2.44 bits per heavy atom. The van der Waals surface area contributed by atoms with E-state index in [9.17, 15) is 0 Å². The van der Waals surface area contributed by atoms with Gasteiger partial charge < -0.3 is 0 Å². The van der Waals surface area contributed by atoms with Crippen LogP contribution < -0.4 is 0 Å². The van der Waals surface area contributed by atoms with Gasteiger partial charge in [-0.3, -0.25) is 0 Å². The quantitative estimate of drug-likeness (QED) is 0.470. The molecule has 4 heterocycles. The molecule has 4 rings (SSSR count). The molecule has 0 saturated carbocycles. The fraction of sp³-hybridized carbons (Fsp3) is 0. The number of nitrogens with zero attached hydrogens (tertiary/aromatic N) is 5. The highest BCUT2D eigenvalue weighted by Crippen LogP contribution is 1.98. The number of rotatable bonds is 0. The largest absolute Gasteiger partial charge is 0.241 e. The minimum Gasteiger partial charge on any atom is -0.241 e. The molecule has 0 bridgehead atoms. The smallest absolute Gasteiger partial charge is 0.154 e. The third-order valence-electron chi connectivity index (χ3n) is 2.47. The zero-order valence-corrected chi connectivity index (χ0v) is 9.59. The van der Waals surface area contributed by atoms with Gasteiger partial charge in [0, 0.05) is 30.9 Å². The second-order valence-corrected chi connectivity index (χ2v) is 3.65. The molecule has 0 atom stereocenters. The summed E-state index contributed by atoms with van der Waals surface area (Å²) in [6.45, 7) is 0. The Hall–Kier alpha value is -2.69. The lowest BCUT2D eigenvalue weighted by Crippen LogP contribution is -1.85. The second kappa shape index (κ2) is 4.67. The van der Waals surface area contributed by atoms with Crippen molar-refractivity contribution in [2.45, 2.75) is 0 Å². The fourth-order valence-corrected chi connectivity index (χ4v) is 1.64. The van der Waals surface area contributed by atoms with E-state index in [1.54, 1.807) is 23.1 Å². The van der Waals surface area contributed by atoms with Gasteiger partial charge in [0.05, 0.1) is 11.7 Å². The predicted octanol–water partition coefficient (Wildman–Crippen LogP) is 2.06. The molecular formula is C13H11N5. The first-order valence-electron chi connectivity index (χ1n) is 5.56. The van der Waals surface area contributed by atoms with Crippen molar-refractivity contribution in [2.24, 2.45) is 0 Å². The lowest BCUT2D eigenvalue weighted by Gasteiger charge is -1.87. The maximum absolute atomic E-state index is 4.06. The van der Waals surface area contributed by atoms with Crippen LogP contribution in [0.5, 0.6) is 0 Å². The monoisotopic (exact) mass is 237 g/mol. The van der Waals surface area contributed by atoms with E-state index in [1.807, 2.05) is 53.3 Å². The molecular weight excluding hydrogens is 226 g/mol. The van der Waals surface area contributed by atoms with Crippen molar-refractivity contribution in [3.05, 3.63) is 67.4 Å². The van der Waals surface area contributed by atoms with Gasteiger partial charge in [-0.1, -0.05) is 0 Å². The topological polar surface area (TPSA) is 47.5 Å². The lowest BCUT2D eigenvalue weighted by atomic mass is 10.5. The Morgan fingerprint density at radius 2 is 1.56 bits per heavy atom. The van der Waals surface area contributed by atoms with E-state index in [1.165, 1.54) is 0 Å². The van der Waals surface area contributed by atoms with Gasteiger partial charge in [-0.2, -0.15) is 10.2 Å². The molecule has 4 aromatic heterocycles. The average molecular weight is 237 g/mol. The van der Waals surface area contributed by atoms with Crippen molar-refractivity contribution >= 4 is 11.2 Å². The molecule has 0 unspecified atom stereocenters. The molecule has 0 aliphatic heterocycles. The molecule has 18 heavy (non-hydrogen) atoms. The van der Waals surface area contributed by atoms with Crippen LogP contribution in [0, 0.1) is 0 Å². The molecule has 0 amide bonds.